The van der Waals surface area contributed by atoms with Gasteiger partial charge in [-0.1, -0.05) is 18.2 Å². The molecule has 8 nitrogen and oxygen atoms in total. The second-order valence-corrected chi connectivity index (χ2v) is 12.6. The maximum atomic E-state index is 15.1. The summed E-state index contributed by atoms with van der Waals surface area (Å²) in [6.07, 6.45) is 2.09. The molecule has 45 heavy (non-hydrogen) atoms. The van der Waals surface area contributed by atoms with Crippen LogP contribution in [0.4, 0.5) is 23.4 Å². The maximum Gasteiger partial charge on any atom is 0.350 e. The predicted octanol–water partition coefficient (Wildman–Crippen LogP) is 5.66. The Balaban J connectivity index is 1.45. The fraction of sp³-hybridized carbons (Fsp3) is 0.469. The van der Waals surface area contributed by atoms with Crippen molar-refractivity contribution in [3.05, 3.63) is 64.1 Å². The number of ether oxygens (including phenoxy) is 1. The normalized spacial score (nSPS) is 23.0. The molecule has 4 heterocycles. The van der Waals surface area contributed by atoms with Gasteiger partial charge < -0.3 is 14.5 Å². The van der Waals surface area contributed by atoms with E-state index in [1.54, 1.807) is 15.9 Å². The van der Waals surface area contributed by atoms with Crippen molar-refractivity contribution in [2.24, 2.45) is 0 Å². The molecule has 0 spiro atoms. The van der Waals surface area contributed by atoms with Gasteiger partial charge in [-0.15, -0.1) is 0 Å². The summed E-state index contributed by atoms with van der Waals surface area (Å²) >= 11 is 6.82. The van der Waals surface area contributed by atoms with Crippen LogP contribution >= 0.6 is 11.6 Å². The van der Waals surface area contributed by atoms with E-state index in [1.807, 2.05) is 18.7 Å². The van der Waals surface area contributed by atoms with Crippen LogP contribution in [0.1, 0.15) is 39.2 Å². The lowest BCUT2D eigenvalue weighted by Crippen LogP contribution is -2.58. The summed E-state index contributed by atoms with van der Waals surface area (Å²) < 4.78 is 64.2. The van der Waals surface area contributed by atoms with Crippen molar-refractivity contribution in [2.45, 2.75) is 57.2 Å². The van der Waals surface area contributed by atoms with Crippen molar-refractivity contribution in [3.8, 4) is 16.9 Å². The van der Waals surface area contributed by atoms with Crippen molar-refractivity contribution in [1.29, 1.82) is 0 Å². The van der Waals surface area contributed by atoms with E-state index in [0.717, 1.165) is 12.1 Å². The van der Waals surface area contributed by atoms with Gasteiger partial charge in [0.25, 0.3) is 5.92 Å². The molecule has 3 atom stereocenters. The highest BCUT2D eigenvalue weighted by Crippen LogP contribution is 2.47. The van der Waals surface area contributed by atoms with Crippen molar-refractivity contribution >= 4 is 34.2 Å². The van der Waals surface area contributed by atoms with Crippen molar-refractivity contribution in [1.82, 2.24) is 19.4 Å². The number of carbonyl (C=O) groups is 1. The van der Waals surface area contributed by atoms with Crippen LogP contribution < -0.4 is 15.3 Å². The topological polar surface area (TPSA) is 70.9 Å². The zero-order valence-electron chi connectivity index (χ0n) is 25.0. The molecule has 3 aromatic rings. The minimum Gasteiger partial charge on any atom is -0.488 e. The molecule has 3 aliphatic rings. The van der Waals surface area contributed by atoms with Crippen LogP contribution in [-0.2, 0) is 4.79 Å². The number of hydrogen-bond donors (Lipinski definition) is 0. The molecule has 3 aliphatic heterocycles. The molecular weight excluding hydrogens is 614 g/mol. The van der Waals surface area contributed by atoms with Gasteiger partial charge in [0.15, 0.2) is 5.75 Å². The van der Waals surface area contributed by atoms with E-state index in [9.17, 15) is 22.8 Å². The van der Waals surface area contributed by atoms with Crippen LogP contribution in [-0.4, -0.2) is 82.6 Å². The molecular formula is C32H34ClF4N5O3. The molecule has 0 aliphatic carbocycles. The van der Waals surface area contributed by atoms with Gasteiger partial charge in [0.2, 0.25) is 5.91 Å². The van der Waals surface area contributed by atoms with E-state index in [-0.39, 0.29) is 59.5 Å². The monoisotopic (exact) mass is 647 g/mol. The Hall–Kier alpha value is -3.64. The summed E-state index contributed by atoms with van der Waals surface area (Å²) in [5, 5.41) is 0.637. The molecule has 240 valence electrons. The smallest absolute Gasteiger partial charge is 0.350 e. The molecule has 2 saturated heterocycles. The quantitative estimate of drug-likeness (QED) is 0.244. The molecule has 1 amide bonds. The Morgan fingerprint density at radius 1 is 1.20 bits per heavy atom. The summed E-state index contributed by atoms with van der Waals surface area (Å²) in [5.74, 6) is -3.94. The van der Waals surface area contributed by atoms with Gasteiger partial charge in [-0.05, 0) is 57.5 Å². The number of benzene rings is 2. The average molecular weight is 648 g/mol. The van der Waals surface area contributed by atoms with Crippen LogP contribution in [0.15, 0.2) is 41.7 Å². The van der Waals surface area contributed by atoms with Crippen LogP contribution in [0.2, 0.25) is 5.02 Å². The van der Waals surface area contributed by atoms with E-state index >= 15 is 4.39 Å². The van der Waals surface area contributed by atoms with Gasteiger partial charge >= 0.3 is 5.69 Å². The Morgan fingerprint density at radius 2 is 1.98 bits per heavy atom. The first kappa shape index (κ1) is 31.3. The Labute approximate surface area is 262 Å². The van der Waals surface area contributed by atoms with Gasteiger partial charge in [-0.3, -0.25) is 14.3 Å². The van der Waals surface area contributed by atoms with Gasteiger partial charge in [0.05, 0.1) is 23.1 Å². The Bertz CT molecular complexity index is 1730. The minimum absolute atomic E-state index is 0.0163. The fourth-order valence-corrected chi connectivity index (χ4v) is 7.13. The molecule has 1 aromatic heterocycles. The number of halogens is 5. The number of likely N-dealkylation sites (tertiary alicyclic amines) is 1. The second-order valence-electron chi connectivity index (χ2n) is 12.2. The predicted molar refractivity (Wildman–Crippen MR) is 164 cm³/mol. The van der Waals surface area contributed by atoms with Crippen LogP contribution in [0, 0.1) is 11.6 Å². The van der Waals surface area contributed by atoms with Gasteiger partial charge in [-0.2, -0.15) is 4.98 Å². The molecule has 0 unspecified atom stereocenters. The highest BCUT2D eigenvalue weighted by atomic mass is 35.5. The number of rotatable bonds is 7. The third-order valence-corrected chi connectivity index (χ3v) is 9.36. The number of amides is 1. The largest absolute Gasteiger partial charge is 0.488 e. The van der Waals surface area contributed by atoms with Crippen LogP contribution in [0.25, 0.3) is 22.0 Å². The zero-order chi connectivity index (χ0) is 32.2. The van der Waals surface area contributed by atoms with E-state index in [2.05, 4.69) is 11.6 Å². The standard InChI is InChI=1S/C32H34ClF4N5O3/c1-4-26(43)40-14-19(3)41(15-18(40)2)30-23-13-24(33)27(22-8-7-20(34)12-25(22)35)29-28(23)42(31(44)38-30)21(16-45-29)6-5-10-39-11-9-32(36,37)17-39/h4,7-8,12-13,18-19,21H,1,5-6,9-11,14-17H2,2-3H3/t18-,19+,21-/m1/s1. The van der Waals surface area contributed by atoms with Gasteiger partial charge in [-0.25, -0.2) is 22.4 Å². The van der Waals surface area contributed by atoms with E-state index in [0.29, 0.717) is 55.7 Å². The van der Waals surface area contributed by atoms with Crippen LogP contribution in [0.3, 0.4) is 0 Å². The first-order valence-corrected chi connectivity index (χ1v) is 15.4. The summed E-state index contributed by atoms with van der Waals surface area (Å²) in [6, 6.07) is 3.86. The SMILES string of the molecule is C=CC(=O)N1C[C@H](C)N(c2nc(=O)n3c4c(c(-c5ccc(F)cc5F)c(Cl)cc24)OC[C@H]3CCCN2CCC(F)(F)C2)C[C@H]1C. The number of nitrogens with zero attached hydrogens (tertiary/aromatic N) is 5. The number of piperazine rings is 1. The van der Waals surface area contributed by atoms with Crippen molar-refractivity contribution in [2.75, 3.05) is 44.2 Å². The Morgan fingerprint density at radius 3 is 2.67 bits per heavy atom. The van der Waals surface area contributed by atoms with E-state index < -0.39 is 29.3 Å². The van der Waals surface area contributed by atoms with Gasteiger partial charge in [0, 0.05) is 60.7 Å². The minimum atomic E-state index is -2.69. The molecule has 6 rings (SSSR count). The molecule has 2 aromatic carbocycles. The maximum absolute atomic E-state index is 15.1. The zero-order valence-corrected chi connectivity index (χ0v) is 25.8. The summed E-state index contributed by atoms with van der Waals surface area (Å²) in [6.45, 7) is 8.67. The lowest BCUT2D eigenvalue weighted by atomic mass is 9.98. The van der Waals surface area contributed by atoms with Crippen molar-refractivity contribution in [3.63, 3.8) is 0 Å². The second kappa shape index (κ2) is 11.9. The third-order valence-electron chi connectivity index (χ3n) is 9.06. The van der Waals surface area contributed by atoms with Crippen molar-refractivity contribution < 1.29 is 27.1 Å². The highest BCUT2D eigenvalue weighted by Gasteiger charge is 2.39. The number of aromatic nitrogens is 2. The van der Waals surface area contributed by atoms with E-state index in [1.165, 1.54) is 16.7 Å². The van der Waals surface area contributed by atoms with Crippen LogP contribution in [0.5, 0.6) is 5.75 Å². The lowest BCUT2D eigenvalue weighted by Gasteiger charge is -2.45. The number of hydrogen-bond acceptors (Lipinski definition) is 6. The third kappa shape index (κ3) is 5.78. The summed E-state index contributed by atoms with van der Waals surface area (Å²) in [7, 11) is 0. The average Bonchev–Trinajstić information content (AvgIpc) is 3.34. The summed E-state index contributed by atoms with van der Waals surface area (Å²) in [4.78, 5) is 36.3. The molecule has 2 fully saturated rings. The number of carbonyl (C=O) groups excluding carboxylic acids is 1. The summed E-state index contributed by atoms with van der Waals surface area (Å²) in [5.41, 5.74) is 0.0359. The Kier molecular flexibility index (Phi) is 8.32. The first-order chi connectivity index (χ1) is 21.4. The molecule has 0 radical (unpaired) electrons. The number of alkyl halides is 2. The molecule has 0 N–H and O–H groups in total. The molecule has 0 bridgehead atoms. The molecule has 0 saturated carbocycles. The molecule has 13 heteroatoms. The highest BCUT2D eigenvalue weighted by molar-refractivity contribution is 6.35. The lowest BCUT2D eigenvalue weighted by molar-refractivity contribution is -0.128. The van der Waals surface area contributed by atoms with E-state index in [4.69, 9.17) is 16.3 Å². The first-order valence-electron chi connectivity index (χ1n) is 15.1. The number of anilines is 1. The fourth-order valence-electron chi connectivity index (χ4n) is 6.83. The van der Waals surface area contributed by atoms with Gasteiger partial charge in [0.1, 0.15) is 24.1 Å².